The number of thioether (sulfide) groups is 1. The minimum atomic E-state index is 0.911. The normalized spacial score (nSPS) is 11.2. The molecule has 0 atom stereocenters. The van der Waals surface area contributed by atoms with Crippen molar-refractivity contribution >= 4 is 16.9 Å². The number of amidine groups is 1. The van der Waals surface area contributed by atoms with Crippen LogP contribution in [0.15, 0.2) is 60.7 Å². The van der Waals surface area contributed by atoms with Gasteiger partial charge in [-0.2, -0.15) is 0 Å². The predicted octanol–water partition coefficient (Wildman–Crippen LogP) is 3.80. The van der Waals surface area contributed by atoms with Gasteiger partial charge >= 0.3 is 5.17 Å². The molecule has 4 heteroatoms. The molecular formula is C22H33N3S+2. The summed E-state index contributed by atoms with van der Waals surface area (Å²) in [5.41, 5.74) is 2.67. The topological polar surface area (TPSA) is 15.0 Å². The van der Waals surface area contributed by atoms with Gasteiger partial charge in [0.25, 0.3) is 0 Å². The summed E-state index contributed by atoms with van der Waals surface area (Å²) in [5.74, 6) is 0. The molecule has 0 aliphatic heterocycles. The Bertz CT molecular complexity index is 632. The van der Waals surface area contributed by atoms with Crippen molar-refractivity contribution in [2.45, 2.75) is 19.5 Å². The van der Waals surface area contributed by atoms with Crippen LogP contribution in [0.2, 0.25) is 0 Å². The molecule has 0 amide bonds. The van der Waals surface area contributed by atoms with Crippen LogP contribution in [0, 0.1) is 0 Å². The van der Waals surface area contributed by atoms with Crippen LogP contribution in [0.1, 0.15) is 17.5 Å². The maximum atomic E-state index is 3.68. The fourth-order valence-electron chi connectivity index (χ4n) is 2.87. The molecule has 2 aromatic carbocycles. The summed E-state index contributed by atoms with van der Waals surface area (Å²) in [7, 11) is 6.74. The third-order valence-electron chi connectivity index (χ3n) is 4.20. The molecule has 0 saturated carbocycles. The predicted molar refractivity (Wildman–Crippen MR) is 115 cm³/mol. The fourth-order valence-corrected chi connectivity index (χ4v) is 3.50. The molecule has 1 N–H and O–H groups in total. The van der Waals surface area contributed by atoms with Crippen LogP contribution in [-0.2, 0) is 13.1 Å². The van der Waals surface area contributed by atoms with Crippen molar-refractivity contribution in [2.75, 3.05) is 40.5 Å². The summed E-state index contributed by atoms with van der Waals surface area (Å²) in [4.78, 5) is 0. The van der Waals surface area contributed by atoms with Crippen molar-refractivity contribution in [2.24, 2.45) is 0 Å². The van der Waals surface area contributed by atoms with E-state index in [-0.39, 0.29) is 0 Å². The molecule has 140 valence electrons. The minimum absolute atomic E-state index is 0.911. The van der Waals surface area contributed by atoms with Crippen molar-refractivity contribution < 1.29 is 9.06 Å². The molecule has 0 aromatic heterocycles. The standard InChI is InChI=1S/C22H32N3S/c1-25(2,3)17-11-16-23-22(26-4)24(18-20-12-7-5-8-13-20)19-21-14-9-6-10-15-21/h5-10,12-15H,11,16-19H2,1-4H3/q+1/p+1. The van der Waals surface area contributed by atoms with E-state index >= 15 is 0 Å². The van der Waals surface area contributed by atoms with Gasteiger partial charge in [-0.3, -0.25) is 5.32 Å². The molecule has 0 saturated heterocycles. The summed E-state index contributed by atoms with van der Waals surface area (Å²) in [6.07, 6.45) is 3.32. The fraction of sp³-hybridized carbons (Fsp3) is 0.409. The molecule has 2 aromatic rings. The van der Waals surface area contributed by atoms with Gasteiger partial charge in [-0.1, -0.05) is 60.7 Å². The molecule has 0 heterocycles. The molecular weight excluding hydrogens is 338 g/mol. The van der Waals surface area contributed by atoms with Crippen LogP contribution in [0.4, 0.5) is 0 Å². The lowest BCUT2D eigenvalue weighted by Crippen LogP contribution is -2.38. The number of nitrogens with one attached hydrogen (secondary N) is 1. The van der Waals surface area contributed by atoms with E-state index in [2.05, 4.69) is 98.0 Å². The summed E-state index contributed by atoms with van der Waals surface area (Å²) in [6.45, 7) is 4.00. The monoisotopic (exact) mass is 371 g/mol. The molecule has 3 nitrogen and oxygen atoms in total. The summed E-state index contributed by atoms with van der Waals surface area (Å²) < 4.78 is 3.45. The van der Waals surface area contributed by atoms with Crippen LogP contribution < -0.4 is 5.32 Å². The number of hydrogen-bond donors (Lipinski definition) is 1. The van der Waals surface area contributed by atoms with Gasteiger partial charge in [-0.15, -0.1) is 0 Å². The first kappa shape index (κ1) is 20.5. The third kappa shape index (κ3) is 7.63. The van der Waals surface area contributed by atoms with Crippen LogP contribution in [0.3, 0.4) is 0 Å². The highest BCUT2D eigenvalue weighted by atomic mass is 32.2. The molecule has 0 radical (unpaired) electrons. The number of quaternary nitrogens is 1. The Labute approximate surface area is 163 Å². The Kier molecular flexibility index (Phi) is 8.20. The van der Waals surface area contributed by atoms with E-state index in [1.54, 1.807) is 11.8 Å². The zero-order valence-corrected chi connectivity index (χ0v) is 17.4. The molecule has 0 unspecified atom stereocenters. The quantitative estimate of drug-likeness (QED) is 0.250. The summed E-state index contributed by atoms with van der Waals surface area (Å²) in [5, 5.41) is 4.93. The van der Waals surface area contributed by atoms with Gasteiger partial charge in [0.2, 0.25) is 0 Å². The highest BCUT2D eigenvalue weighted by Gasteiger charge is 2.15. The van der Waals surface area contributed by atoms with Crippen LogP contribution in [0.5, 0.6) is 0 Å². The first-order valence-electron chi connectivity index (χ1n) is 9.26. The molecule has 26 heavy (non-hydrogen) atoms. The summed E-state index contributed by atoms with van der Waals surface area (Å²) >= 11 is 1.80. The van der Waals surface area contributed by atoms with Gasteiger partial charge in [-0.25, -0.2) is 4.58 Å². The van der Waals surface area contributed by atoms with Gasteiger partial charge < -0.3 is 4.48 Å². The van der Waals surface area contributed by atoms with Gasteiger partial charge in [-0.05, 0) is 29.1 Å². The van der Waals surface area contributed by atoms with Crippen LogP contribution >= 0.6 is 11.8 Å². The van der Waals surface area contributed by atoms with Crippen LogP contribution in [0.25, 0.3) is 0 Å². The minimum Gasteiger partial charge on any atom is -0.331 e. The van der Waals surface area contributed by atoms with E-state index in [0.717, 1.165) is 30.5 Å². The largest absolute Gasteiger partial charge is 0.331 e. The highest BCUT2D eigenvalue weighted by molar-refractivity contribution is 8.13. The molecule has 0 fully saturated rings. The van der Waals surface area contributed by atoms with E-state index in [9.17, 15) is 0 Å². The van der Waals surface area contributed by atoms with Crippen LogP contribution in [-0.4, -0.2) is 54.7 Å². The van der Waals surface area contributed by atoms with Gasteiger partial charge in [0.15, 0.2) is 0 Å². The average Bonchev–Trinajstić information content (AvgIpc) is 2.62. The highest BCUT2D eigenvalue weighted by Crippen LogP contribution is 2.09. The second kappa shape index (κ2) is 10.4. The lowest BCUT2D eigenvalue weighted by atomic mass is 10.2. The second-order valence-corrected chi connectivity index (χ2v) is 8.43. The van der Waals surface area contributed by atoms with E-state index < -0.39 is 0 Å². The molecule has 0 bridgehead atoms. The number of benzene rings is 2. The van der Waals surface area contributed by atoms with Gasteiger partial charge in [0, 0.05) is 6.42 Å². The van der Waals surface area contributed by atoms with Gasteiger partial charge in [0.1, 0.15) is 13.1 Å². The molecule has 0 spiro atoms. The number of rotatable bonds is 8. The Morgan fingerprint density at radius 2 is 1.38 bits per heavy atom. The first-order chi connectivity index (χ1) is 12.5. The van der Waals surface area contributed by atoms with Crippen molar-refractivity contribution in [1.29, 1.82) is 0 Å². The maximum absolute atomic E-state index is 3.68. The SMILES string of the molecule is CSC(NCCC[N+](C)(C)C)=[N+](Cc1ccccc1)Cc1ccccc1. The van der Waals surface area contributed by atoms with E-state index in [4.69, 9.17) is 0 Å². The van der Waals surface area contributed by atoms with E-state index in [0.29, 0.717) is 0 Å². The maximum Gasteiger partial charge on any atom is 0.306 e. The number of nitrogens with zero attached hydrogens (tertiary/aromatic N) is 2. The second-order valence-electron chi connectivity index (χ2n) is 7.63. The Morgan fingerprint density at radius 1 is 0.885 bits per heavy atom. The molecule has 0 aliphatic rings. The zero-order valence-electron chi connectivity index (χ0n) is 16.6. The van der Waals surface area contributed by atoms with Crippen molar-refractivity contribution in [3.05, 3.63) is 71.8 Å². The molecule has 0 aliphatic carbocycles. The Hall–Kier alpha value is -1.78. The Balaban J connectivity index is 2.13. The van der Waals surface area contributed by atoms with Crippen molar-refractivity contribution in [3.63, 3.8) is 0 Å². The lowest BCUT2D eigenvalue weighted by molar-refractivity contribution is -0.870. The smallest absolute Gasteiger partial charge is 0.306 e. The Morgan fingerprint density at radius 3 is 1.81 bits per heavy atom. The van der Waals surface area contributed by atoms with E-state index in [1.807, 2.05) is 0 Å². The first-order valence-corrected chi connectivity index (χ1v) is 10.5. The van der Waals surface area contributed by atoms with Crippen molar-refractivity contribution in [1.82, 2.24) is 5.32 Å². The lowest BCUT2D eigenvalue weighted by Gasteiger charge is -2.23. The zero-order chi connectivity index (χ0) is 18.8. The third-order valence-corrected chi connectivity index (χ3v) is 4.98. The van der Waals surface area contributed by atoms with E-state index in [1.165, 1.54) is 22.8 Å². The van der Waals surface area contributed by atoms with Crippen molar-refractivity contribution in [3.8, 4) is 0 Å². The number of hydrogen-bond acceptors (Lipinski definition) is 1. The summed E-state index contributed by atoms with van der Waals surface area (Å²) in [6, 6.07) is 21.4. The van der Waals surface area contributed by atoms with Gasteiger partial charge in [0.05, 0.1) is 34.2 Å². The average molecular weight is 372 g/mol. The molecule has 2 rings (SSSR count).